The van der Waals surface area contributed by atoms with Gasteiger partial charge in [-0.15, -0.1) is 0 Å². The smallest absolute Gasteiger partial charge is 0.0615 e. The van der Waals surface area contributed by atoms with E-state index in [4.69, 9.17) is 16.7 Å². The van der Waals surface area contributed by atoms with Gasteiger partial charge < -0.3 is 5.11 Å². The molecule has 0 spiro atoms. The molecule has 3 heteroatoms. The predicted octanol–water partition coefficient (Wildman–Crippen LogP) is 3.11. The molecule has 1 N–H and O–H groups in total. The van der Waals surface area contributed by atoms with Crippen LogP contribution in [-0.4, -0.2) is 11.7 Å². The van der Waals surface area contributed by atoms with Crippen LogP contribution in [0.1, 0.15) is 5.56 Å². The minimum atomic E-state index is 0.0306. The molecule has 0 aliphatic rings. The molecule has 0 unspecified atom stereocenters. The van der Waals surface area contributed by atoms with Gasteiger partial charge in [0.25, 0.3) is 0 Å². The van der Waals surface area contributed by atoms with Gasteiger partial charge >= 0.3 is 0 Å². The van der Waals surface area contributed by atoms with Crippen LogP contribution in [0.3, 0.4) is 0 Å². The van der Waals surface area contributed by atoms with Crippen molar-refractivity contribution < 1.29 is 5.11 Å². The molecule has 0 fully saturated rings. The molecule has 0 aromatic heterocycles. The van der Waals surface area contributed by atoms with Crippen molar-refractivity contribution in [1.29, 1.82) is 0 Å². The van der Waals surface area contributed by atoms with Gasteiger partial charge in [-0.3, -0.25) is 0 Å². The van der Waals surface area contributed by atoms with Crippen molar-refractivity contribution in [2.75, 3.05) is 6.61 Å². The number of hydrogen-bond acceptors (Lipinski definition) is 1. The summed E-state index contributed by atoms with van der Waals surface area (Å²) in [5.41, 5.74) is 0.903. The maximum Gasteiger partial charge on any atom is 0.0615 e. The Morgan fingerprint density at radius 3 is 2.92 bits per heavy atom. The lowest BCUT2D eigenvalue weighted by molar-refractivity contribution is 0.343. The van der Waals surface area contributed by atoms with E-state index < -0.39 is 0 Å². The summed E-state index contributed by atoms with van der Waals surface area (Å²) in [7, 11) is 0. The lowest BCUT2D eigenvalue weighted by Crippen LogP contribution is -1.77. The molecule has 0 aliphatic heterocycles. The molecule has 0 heterocycles. The number of aliphatic hydroxyl groups is 1. The molecule has 0 radical (unpaired) electrons. The van der Waals surface area contributed by atoms with Crippen LogP contribution in [0.2, 0.25) is 5.02 Å². The van der Waals surface area contributed by atoms with Gasteiger partial charge in [-0.25, -0.2) is 0 Å². The number of hydrogen-bond donors (Lipinski definition) is 1. The van der Waals surface area contributed by atoms with Crippen molar-refractivity contribution in [2.45, 2.75) is 0 Å². The Morgan fingerprint density at radius 1 is 1.50 bits per heavy atom. The lowest BCUT2D eigenvalue weighted by Gasteiger charge is -1.97. The highest BCUT2D eigenvalue weighted by atomic mass is 79.9. The SMILES string of the molecule is OCC=Cc1cc(Br)ccc1Cl. The van der Waals surface area contributed by atoms with Crippen LogP contribution >= 0.6 is 27.5 Å². The first-order valence-electron chi connectivity index (χ1n) is 3.46. The lowest BCUT2D eigenvalue weighted by atomic mass is 10.2. The van der Waals surface area contributed by atoms with Gasteiger partial charge in [0.1, 0.15) is 0 Å². The zero-order valence-corrected chi connectivity index (χ0v) is 8.64. The zero-order chi connectivity index (χ0) is 8.97. The summed E-state index contributed by atoms with van der Waals surface area (Å²) in [6, 6.07) is 5.58. The second-order valence-electron chi connectivity index (χ2n) is 2.25. The van der Waals surface area contributed by atoms with Crippen molar-refractivity contribution in [3.63, 3.8) is 0 Å². The Morgan fingerprint density at radius 2 is 2.25 bits per heavy atom. The minimum absolute atomic E-state index is 0.0306. The molecule has 0 bridgehead atoms. The highest BCUT2D eigenvalue weighted by Gasteiger charge is 1.95. The van der Waals surface area contributed by atoms with E-state index in [0.29, 0.717) is 5.02 Å². The normalized spacial score (nSPS) is 10.9. The number of halogens is 2. The molecule has 1 rings (SSSR count). The Labute approximate surface area is 84.8 Å². The van der Waals surface area contributed by atoms with Crippen molar-refractivity contribution in [1.82, 2.24) is 0 Å². The van der Waals surface area contributed by atoms with E-state index in [9.17, 15) is 0 Å². The molecular weight excluding hydrogens is 239 g/mol. The number of benzene rings is 1. The van der Waals surface area contributed by atoms with Gasteiger partial charge in [0.2, 0.25) is 0 Å². The van der Waals surface area contributed by atoms with E-state index in [2.05, 4.69) is 15.9 Å². The largest absolute Gasteiger partial charge is 0.392 e. The van der Waals surface area contributed by atoms with E-state index >= 15 is 0 Å². The van der Waals surface area contributed by atoms with E-state index in [1.807, 2.05) is 18.2 Å². The maximum atomic E-state index is 8.55. The molecule has 12 heavy (non-hydrogen) atoms. The van der Waals surface area contributed by atoms with Crippen LogP contribution in [0.4, 0.5) is 0 Å². The standard InChI is InChI=1S/C9H8BrClO/c10-8-3-4-9(11)7(6-8)2-1-5-12/h1-4,6,12H,5H2. The predicted molar refractivity (Wildman–Crippen MR) is 55.3 cm³/mol. The summed E-state index contributed by atoms with van der Waals surface area (Å²) in [5, 5.41) is 9.23. The topological polar surface area (TPSA) is 20.2 Å². The van der Waals surface area contributed by atoms with Crippen LogP contribution in [0.15, 0.2) is 28.7 Å². The van der Waals surface area contributed by atoms with Gasteiger partial charge in [0, 0.05) is 9.50 Å². The third kappa shape index (κ3) is 2.63. The van der Waals surface area contributed by atoms with E-state index in [0.717, 1.165) is 10.0 Å². The number of rotatable bonds is 2. The van der Waals surface area contributed by atoms with Crippen molar-refractivity contribution in [3.05, 3.63) is 39.3 Å². The summed E-state index contributed by atoms with van der Waals surface area (Å²) in [4.78, 5) is 0. The van der Waals surface area contributed by atoms with Gasteiger partial charge in [-0.1, -0.05) is 39.7 Å². The monoisotopic (exact) mass is 246 g/mol. The average molecular weight is 248 g/mol. The van der Waals surface area contributed by atoms with Crippen LogP contribution in [0.25, 0.3) is 6.08 Å². The van der Waals surface area contributed by atoms with E-state index in [1.54, 1.807) is 12.2 Å². The fourth-order valence-electron chi connectivity index (χ4n) is 0.822. The Hall–Kier alpha value is -0.310. The average Bonchev–Trinajstić information content (AvgIpc) is 2.07. The maximum absolute atomic E-state index is 8.55. The van der Waals surface area contributed by atoms with Crippen LogP contribution < -0.4 is 0 Å². The second kappa shape index (κ2) is 4.65. The van der Waals surface area contributed by atoms with Gasteiger partial charge in [0.05, 0.1) is 6.61 Å². The first kappa shape index (κ1) is 9.78. The summed E-state index contributed by atoms with van der Waals surface area (Å²) in [6.07, 6.45) is 3.43. The molecule has 0 saturated carbocycles. The van der Waals surface area contributed by atoms with Crippen molar-refractivity contribution >= 4 is 33.6 Å². The quantitative estimate of drug-likeness (QED) is 0.851. The third-order valence-corrected chi connectivity index (χ3v) is 2.20. The van der Waals surface area contributed by atoms with Gasteiger partial charge in [-0.2, -0.15) is 0 Å². The fourth-order valence-corrected chi connectivity index (χ4v) is 1.38. The second-order valence-corrected chi connectivity index (χ2v) is 3.57. The van der Waals surface area contributed by atoms with Crippen LogP contribution in [0.5, 0.6) is 0 Å². The van der Waals surface area contributed by atoms with Crippen LogP contribution in [-0.2, 0) is 0 Å². The summed E-state index contributed by atoms with van der Waals surface area (Å²) < 4.78 is 0.976. The minimum Gasteiger partial charge on any atom is -0.392 e. The molecular formula is C9H8BrClO. The fraction of sp³-hybridized carbons (Fsp3) is 0.111. The van der Waals surface area contributed by atoms with Crippen LogP contribution in [0, 0.1) is 0 Å². The van der Waals surface area contributed by atoms with Crippen molar-refractivity contribution in [3.8, 4) is 0 Å². The molecule has 0 aliphatic carbocycles. The third-order valence-electron chi connectivity index (χ3n) is 1.36. The molecule has 1 aromatic rings. The molecule has 0 saturated heterocycles. The number of aliphatic hydroxyl groups excluding tert-OH is 1. The van der Waals surface area contributed by atoms with Crippen molar-refractivity contribution in [2.24, 2.45) is 0 Å². The Bertz CT molecular complexity index is 297. The summed E-state index contributed by atoms with van der Waals surface area (Å²) in [5.74, 6) is 0. The molecule has 64 valence electrons. The highest BCUT2D eigenvalue weighted by Crippen LogP contribution is 2.21. The molecule has 0 amide bonds. The summed E-state index contributed by atoms with van der Waals surface area (Å²) >= 11 is 9.21. The van der Waals surface area contributed by atoms with E-state index in [-0.39, 0.29) is 6.61 Å². The Balaban J connectivity index is 2.97. The summed E-state index contributed by atoms with van der Waals surface area (Å²) in [6.45, 7) is 0.0306. The highest BCUT2D eigenvalue weighted by molar-refractivity contribution is 9.10. The van der Waals surface area contributed by atoms with Gasteiger partial charge in [0.15, 0.2) is 0 Å². The van der Waals surface area contributed by atoms with Gasteiger partial charge in [-0.05, 0) is 23.8 Å². The molecule has 1 aromatic carbocycles. The Kier molecular flexibility index (Phi) is 3.79. The molecule has 1 nitrogen and oxygen atoms in total. The first-order chi connectivity index (χ1) is 5.74. The first-order valence-corrected chi connectivity index (χ1v) is 4.63. The van der Waals surface area contributed by atoms with E-state index in [1.165, 1.54) is 0 Å². The molecule has 0 atom stereocenters. The zero-order valence-electron chi connectivity index (χ0n) is 6.30.